The predicted molar refractivity (Wildman–Crippen MR) is 73.6 cm³/mol. The quantitative estimate of drug-likeness (QED) is 0.823. The fraction of sp³-hybridized carbons (Fsp3) is 0.538. The first kappa shape index (κ1) is 14.3. The molecule has 4 heteroatoms. The molecule has 0 aromatic heterocycles. The molecule has 0 amide bonds. The van der Waals surface area contributed by atoms with Crippen LogP contribution in [0.4, 0.5) is 5.69 Å². The van der Waals surface area contributed by atoms with Crippen LogP contribution in [0, 0.1) is 5.92 Å². The Kier molecular flexibility index (Phi) is 5.25. The Morgan fingerprint density at radius 2 is 2.18 bits per heavy atom. The number of hydrogen-bond acceptors (Lipinski definition) is 3. The fourth-order valence-electron chi connectivity index (χ4n) is 1.80. The SMILES string of the molecule is COCC(CN)(Nc1cccc(Cl)c1)C(C)C. The highest BCUT2D eigenvalue weighted by atomic mass is 35.5. The van der Waals surface area contributed by atoms with Crippen molar-refractivity contribution in [2.24, 2.45) is 11.7 Å². The van der Waals surface area contributed by atoms with Crippen LogP contribution < -0.4 is 11.1 Å². The van der Waals surface area contributed by atoms with Gasteiger partial charge in [-0.05, 0) is 24.1 Å². The second kappa shape index (κ2) is 6.24. The van der Waals surface area contributed by atoms with Crippen LogP contribution >= 0.6 is 11.6 Å². The van der Waals surface area contributed by atoms with Crippen molar-refractivity contribution < 1.29 is 4.74 Å². The highest BCUT2D eigenvalue weighted by Gasteiger charge is 2.32. The molecular formula is C13H21ClN2O. The lowest BCUT2D eigenvalue weighted by molar-refractivity contribution is 0.121. The molecule has 3 nitrogen and oxygen atoms in total. The van der Waals surface area contributed by atoms with Gasteiger partial charge in [-0.15, -0.1) is 0 Å². The molecule has 1 aromatic rings. The van der Waals surface area contributed by atoms with Crippen LogP contribution in [0.5, 0.6) is 0 Å². The van der Waals surface area contributed by atoms with Gasteiger partial charge in [-0.1, -0.05) is 31.5 Å². The number of nitrogens with two attached hydrogens (primary N) is 1. The summed E-state index contributed by atoms with van der Waals surface area (Å²) >= 11 is 5.97. The van der Waals surface area contributed by atoms with Crippen LogP contribution in [0.1, 0.15) is 13.8 Å². The van der Waals surface area contributed by atoms with Gasteiger partial charge in [-0.3, -0.25) is 0 Å². The van der Waals surface area contributed by atoms with E-state index >= 15 is 0 Å². The van der Waals surface area contributed by atoms with Crippen LogP contribution in [0.2, 0.25) is 5.02 Å². The molecule has 0 aliphatic carbocycles. The largest absolute Gasteiger partial charge is 0.382 e. The minimum atomic E-state index is -0.264. The van der Waals surface area contributed by atoms with Gasteiger partial charge in [0.05, 0.1) is 12.1 Å². The van der Waals surface area contributed by atoms with E-state index in [1.54, 1.807) is 7.11 Å². The molecule has 1 rings (SSSR count). The molecule has 1 aromatic carbocycles. The molecule has 0 saturated carbocycles. The summed E-state index contributed by atoms with van der Waals surface area (Å²) in [6, 6.07) is 7.64. The minimum absolute atomic E-state index is 0.264. The van der Waals surface area contributed by atoms with E-state index in [0.29, 0.717) is 24.1 Å². The summed E-state index contributed by atoms with van der Waals surface area (Å²) < 4.78 is 5.29. The molecule has 1 atom stereocenters. The lowest BCUT2D eigenvalue weighted by Gasteiger charge is -2.37. The Labute approximate surface area is 108 Å². The maximum atomic E-state index is 5.97. The van der Waals surface area contributed by atoms with Crippen molar-refractivity contribution in [2.75, 3.05) is 25.6 Å². The van der Waals surface area contributed by atoms with Gasteiger partial charge in [-0.2, -0.15) is 0 Å². The van der Waals surface area contributed by atoms with E-state index in [1.807, 2.05) is 24.3 Å². The van der Waals surface area contributed by atoms with Crippen molar-refractivity contribution in [3.05, 3.63) is 29.3 Å². The van der Waals surface area contributed by atoms with Gasteiger partial charge in [0.15, 0.2) is 0 Å². The third kappa shape index (κ3) is 3.60. The molecular weight excluding hydrogens is 236 g/mol. The number of methoxy groups -OCH3 is 1. The number of benzene rings is 1. The second-order valence-electron chi connectivity index (χ2n) is 4.58. The van der Waals surface area contributed by atoms with Gasteiger partial charge >= 0.3 is 0 Å². The Hall–Kier alpha value is -0.770. The Morgan fingerprint density at radius 1 is 1.47 bits per heavy atom. The van der Waals surface area contributed by atoms with E-state index in [9.17, 15) is 0 Å². The average molecular weight is 257 g/mol. The maximum absolute atomic E-state index is 5.97. The molecule has 0 aliphatic heterocycles. The van der Waals surface area contributed by atoms with Gasteiger partial charge < -0.3 is 15.8 Å². The first-order valence-electron chi connectivity index (χ1n) is 5.77. The highest BCUT2D eigenvalue weighted by molar-refractivity contribution is 6.30. The summed E-state index contributed by atoms with van der Waals surface area (Å²) in [6.45, 7) is 5.32. The van der Waals surface area contributed by atoms with E-state index in [1.165, 1.54) is 0 Å². The number of rotatable bonds is 6. The summed E-state index contributed by atoms with van der Waals surface area (Å²) in [5.41, 5.74) is 6.61. The number of ether oxygens (including phenoxy) is 1. The van der Waals surface area contributed by atoms with Gasteiger partial charge in [-0.25, -0.2) is 0 Å². The zero-order chi connectivity index (χ0) is 12.9. The lowest BCUT2D eigenvalue weighted by atomic mass is 9.86. The van der Waals surface area contributed by atoms with Crippen LogP contribution in [0.25, 0.3) is 0 Å². The van der Waals surface area contributed by atoms with E-state index in [0.717, 1.165) is 5.69 Å². The lowest BCUT2D eigenvalue weighted by Crippen LogP contribution is -2.53. The number of hydrogen-bond donors (Lipinski definition) is 2. The molecule has 1 unspecified atom stereocenters. The second-order valence-corrected chi connectivity index (χ2v) is 5.02. The van der Waals surface area contributed by atoms with Crippen molar-refractivity contribution in [3.63, 3.8) is 0 Å². The summed E-state index contributed by atoms with van der Waals surface area (Å²) in [7, 11) is 1.69. The first-order chi connectivity index (χ1) is 8.04. The number of anilines is 1. The third-order valence-electron chi connectivity index (χ3n) is 3.09. The topological polar surface area (TPSA) is 47.3 Å². The minimum Gasteiger partial charge on any atom is -0.382 e. The van der Waals surface area contributed by atoms with E-state index in [-0.39, 0.29) is 5.54 Å². The smallest absolute Gasteiger partial charge is 0.0751 e. The Morgan fingerprint density at radius 3 is 2.65 bits per heavy atom. The van der Waals surface area contributed by atoms with E-state index in [2.05, 4.69) is 19.2 Å². The van der Waals surface area contributed by atoms with Gasteiger partial charge in [0.25, 0.3) is 0 Å². The zero-order valence-electron chi connectivity index (χ0n) is 10.7. The maximum Gasteiger partial charge on any atom is 0.0751 e. The average Bonchev–Trinajstić information content (AvgIpc) is 2.28. The molecule has 3 N–H and O–H groups in total. The highest BCUT2D eigenvalue weighted by Crippen LogP contribution is 2.24. The van der Waals surface area contributed by atoms with Crippen molar-refractivity contribution in [3.8, 4) is 0 Å². The van der Waals surface area contributed by atoms with Crippen LogP contribution in [0.3, 0.4) is 0 Å². The molecule has 0 heterocycles. The summed E-state index contributed by atoms with van der Waals surface area (Å²) in [5, 5.41) is 4.16. The summed E-state index contributed by atoms with van der Waals surface area (Å²) in [6.07, 6.45) is 0. The van der Waals surface area contributed by atoms with E-state index in [4.69, 9.17) is 22.1 Å². The molecule has 0 saturated heterocycles. The third-order valence-corrected chi connectivity index (χ3v) is 3.32. The normalized spacial score (nSPS) is 14.7. The Balaban J connectivity index is 2.92. The first-order valence-corrected chi connectivity index (χ1v) is 6.14. The van der Waals surface area contributed by atoms with Crippen molar-refractivity contribution >= 4 is 17.3 Å². The standard InChI is InChI=1S/C13H21ClN2O/c1-10(2)13(8-15,9-17-3)16-12-6-4-5-11(14)7-12/h4-7,10,16H,8-9,15H2,1-3H3. The van der Waals surface area contributed by atoms with E-state index < -0.39 is 0 Å². The number of nitrogens with one attached hydrogen (secondary N) is 1. The predicted octanol–water partition coefficient (Wildman–Crippen LogP) is 2.75. The number of halogens is 1. The monoisotopic (exact) mass is 256 g/mol. The summed E-state index contributed by atoms with van der Waals surface area (Å²) in [4.78, 5) is 0. The molecule has 96 valence electrons. The molecule has 0 bridgehead atoms. The molecule has 0 aliphatic rings. The van der Waals surface area contributed by atoms with Crippen LogP contribution in [-0.2, 0) is 4.74 Å². The molecule has 0 spiro atoms. The fourth-order valence-corrected chi connectivity index (χ4v) is 1.99. The van der Waals surface area contributed by atoms with Crippen molar-refractivity contribution in [2.45, 2.75) is 19.4 Å². The van der Waals surface area contributed by atoms with Gasteiger partial charge in [0.2, 0.25) is 0 Å². The van der Waals surface area contributed by atoms with Gasteiger partial charge in [0.1, 0.15) is 0 Å². The molecule has 0 fully saturated rings. The van der Waals surface area contributed by atoms with Crippen molar-refractivity contribution in [1.82, 2.24) is 0 Å². The van der Waals surface area contributed by atoms with Crippen LogP contribution in [0.15, 0.2) is 24.3 Å². The molecule has 0 radical (unpaired) electrons. The van der Waals surface area contributed by atoms with Crippen LogP contribution in [-0.4, -0.2) is 25.8 Å². The molecule has 17 heavy (non-hydrogen) atoms. The summed E-state index contributed by atoms with van der Waals surface area (Å²) in [5.74, 6) is 0.353. The van der Waals surface area contributed by atoms with Crippen molar-refractivity contribution in [1.29, 1.82) is 0 Å². The zero-order valence-corrected chi connectivity index (χ0v) is 11.4. The van der Waals surface area contributed by atoms with Gasteiger partial charge in [0, 0.05) is 24.4 Å². The Bertz CT molecular complexity index is 357.